The summed E-state index contributed by atoms with van der Waals surface area (Å²) < 4.78 is 0. The van der Waals surface area contributed by atoms with Crippen LogP contribution in [0.25, 0.3) is 0 Å². The number of halogens is 2. The van der Waals surface area contributed by atoms with Crippen molar-refractivity contribution in [1.29, 1.82) is 0 Å². The highest BCUT2D eigenvalue weighted by Crippen LogP contribution is 2.31. The average molecular weight is 467 g/mol. The molecule has 0 bridgehead atoms. The first kappa shape index (κ1) is 23.4. The van der Waals surface area contributed by atoms with Crippen LogP contribution in [0.2, 0.25) is 10.0 Å². The van der Waals surface area contributed by atoms with E-state index in [1.807, 2.05) is 17.9 Å². The zero-order valence-electron chi connectivity index (χ0n) is 17.5. The van der Waals surface area contributed by atoms with Gasteiger partial charge in [0.25, 0.3) is 0 Å². The van der Waals surface area contributed by atoms with Gasteiger partial charge in [-0.05, 0) is 50.6 Å². The van der Waals surface area contributed by atoms with E-state index < -0.39 is 0 Å². The van der Waals surface area contributed by atoms with Crippen molar-refractivity contribution in [3.8, 4) is 5.75 Å². The second kappa shape index (κ2) is 11.4. The first-order valence-electron chi connectivity index (χ1n) is 10.4. The molecule has 1 atom stereocenters. The molecule has 3 N–H and O–H groups in total. The van der Waals surface area contributed by atoms with Gasteiger partial charge in [0, 0.05) is 36.2 Å². The molecule has 0 spiro atoms. The molecule has 168 valence electrons. The number of aromatic nitrogens is 2. The highest BCUT2D eigenvalue weighted by atomic mass is 35.5. The van der Waals surface area contributed by atoms with Crippen LogP contribution < -0.4 is 15.5 Å². The van der Waals surface area contributed by atoms with Crippen molar-refractivity contribution in [2.24, 2.45) is 0 Å². The minimum atomic E-state index is -0.194. The number of rotatable bonds is 5. The number of amides is 1. The van der Waals surface area contributed by atoms with E-state index in [4.69, 9.17) is 23.2 Å². The monoisotopic (exact) mass is 466 g/mol. The Hall–Kier alpha value is -2.29. The van der Waals surface area contributed by atoms with Gasteiger partial charge < -0.3 is 25.5 Å². The highest BCUT2D eigenvalue weighted by Gasteiger charge is 2.20. The maximum atomic E-state index is 10.8. The van der Waals surface area contributed by atoms with Crippen LogP contribution in [0.5, 0.6) is 5.75 Å². The number of piperazine rings is 1. The van der Waals surface area contributed by atoms with Crippen molar-refractivity contribution in [3.05, 3.63) is 40.0 Å². The van der Waals surface area contributed by atoms with E-state index in [-0.39, 0.29) is 11.8 Å². The third kappa shape index (κ3) is 6.59. The largest absolute Gasteiger partial charge is 0.503 e. The van der Waals surface area contributed by atoms with Crippen molar-refractivity contribution >= 4 is 41.4 Å². The molecule has 31 heavy (non-hydrogen) atoms. The minimum Gasteiger partial charge on any atom is -0.503 e. The third-order valence-electron chi connectivity index (χ3n) is 5.24. The Bertz CT molecular complexity index is 865. The number of hydrogen-bond donors (Lipinski definition) is 3. The van der Waals surface area contributed by atoms with E-state index in [0.717, 1.165) is 12.0 Å². The fourth-order valence-electron chi connectivity index (χ4n) is 3.41. The summed E-state index contributed by atoms with van der Waals surface area (Å²) in [4.78, 5) is 23.1. The molecule has 2 aromatic rings. The normalized spacial score (nSPS) is 17.0. The molecule has 0 radical (unpaired) electrons. The Labute approximate surface area is 192 Å². The molecular formula is C21H28Cl2N6O2. The van der Waals surface area contributed by atoms with Crippen molar-refractivity contribution in [1.82, 2.24) is 20.2 Å². The lowest BCUT2D eigenvalue weighted by atomic mass is 10.1. The number of nitrogens with one attached hydrogen (secondary N) is 2. The lowest BCUT2D eigenvalue weighted by Crippen LogP contribution is -2.46. The zero-order valence-corrected chi connectivity index (χ0v) is 19.0. The van der Waals surface area contributed by atoms with E-state index >= 15 is 0 Å². The van der Waals surface area contributed by atoms with Gasteiger partial charge in [-0.15, -0.1) is 0 Å². The van der Waals surface area contributed by atoms with Crippen LogP contribution in [0, 0.1) is 0 Å². The van der Waals surface area contributed by atoms with Gasteiger partial charge >= 0.3 is 0 Å². The third-order valence-corrected chi connectivity index (χ3v) is 5.80. The summed E-state index contributed by atoms with van der Waals surface area (Å²) in [6.45, 7) is 6.93. The second-order valence-electron chi connectivity index (χ2n) is 7.52. The molecule has 2 saturated heterocycles. The first-order valence-corrected chi connectivity index (χ1v) is 11.2. The topological polar surface area (TPSA) is 93.6 Å². The number of carbonyl (C=O) groups is 1. The molecule has 4 rings (SSSR count). The van der Waals surface area contributed by atoms with Gasteiger partial charge in [-0.3, -0.25) is 4.79 Å². The van der Waals surface area contributed by atoms with Crippen LogP contribution in [0.1, 0.15) is 31.4 Å². The quantitative estimate of drug-likeness (QED) is 0.581. The van der Waals surface area contributed by atoms with Gasteiger partial charge in [0.2, 0.25) is 12.4 Å². The van der Waals surface area contributed by atoms with Crippen LogP contribution in [0.4, 0.5) is 11.8 Å². The Balaban J connectivity index is 0.000000478. The molecule has 1 amide bonds. The lowest BCUT2D eigenvalue weighted by Gasteiger charge is -2.32. The summed E-state index contributed by atoms with van der Waals surface area (Å²) in [5.74, 6) is 0.786. The van der Waals surface area contributed by atoms with Gasteiger partial charge in [0.15, 0.2) is 11.6 Å². The van der Waals surface area contributed by atoms with Crippen LogP contribution in [0.15, 0.2) is 24.4 Å². The summed E-state index contributed by atoms with van der Waals surface area (Å²) in [7, 11) is 0. The number of carbonyl (C=O) groups excluding carboxylic acids is 1. The molecule has 2 aliphatic rings. The van der Waals surface area contributed by atoms with Gasteiger partial charge in [0.1, 0.15) is 0 Å². The maximum Gasteiger partial charge on any atom is 0.227 e. The molecule has 10 heteroatoms. The molecule has 1 aromatic heterocycles. The van der Waals surface area contributed by atoms with Gasteiger partial charge in [0.05, 0.1) is 12.2 Å². The number of hydrogen-bond acceptors (Lipinski definition) is 7. The summed E-state index contributed by atoms with van der Waals surface area (Å²) in [6, 6.07) is 5.08. The van der Waals surface area contributed by atoms with E-state index in [2.05, 4.69) is 20.6 Å². The van der Waals surface area contributed by atoms with Crippen LogP contribution in [0.3, 0.4) is 0 Å². The predicted molar refractivity (Wildman–Crippen MR) is 124 cm³/mol. The number of aromatic hydroxyl groups is 1. The Morgan fingerprint density at radius 1 is 1.19 bits per heavy atom. The lowest BCUT2D eigenvalue weighted by molar-refractivity contribution is -0.118. The van der Waals surface area contributed by atoms with Crippen molar-refractivity contribution in [2.75, 3.05) is 49.5 Å². The number of benzene rings is 1. The maximum absolute atomic E-state index is 10.8. The van der Waals surface area contributed by atoms with Crippen LogP contribution >= 0.6 is 23.2 Å². The Kier molecular flexibility index (Phi) is 8.57. The molecule has 3 heterocycles. The predicted octanol–water partition coefficient (Wildman–Crippen LogP) is 3.31. The van der Waals surface area contributed by atoms with E-state index in [1.54, 1.807) is 17.0 Å². The molecule has 8 nitrogen and oxygen atoms in total. The molecule has 2 fully saturated rings. The summed E-state index contributed by atoms with van der Waals surface area (Å²) in [5, 5.41) is 17.6. The smallest absolute Gasteiger partial charge is 0.227 e. The van der Waals surface area contributed by atoms with E-state index in [1.165, 1.54) is 32.1 Å². The van der Waals surface area contributed by atoms with Crippen molar-refractivity contribution < 1.29 is 9.90 Å². The summed E-state index contributed by atoms with van der Waals surface area (Å²) in [6.07, 6.45) is 4.99. The summed E-state index contributed by atoms with van der Waals surface area (Å²) in [5.41, 5.74) is 0.843. The summed E-state index contributed by atoms with van der Waals surface area (Å²) >= 11 is 12.2. The zero-order chi connectivity index (χ0) is 22.2. The van der Waals surface area contributed by atoms with Gasteiger partial charge in [-0.1, -0.05) is 29.3 Å². The Morgan fingerprint density at radius 2 is 1.90 bits per heavy atom. The molecule has 1 aromatic carbocycles. The first-order chi connectivity index (χ1) is 15.0. The molecule has 0 saturated carbocycles. The molecular weight excluding hydrogens is 439 g/mol. The average Bonchev–Trinajstić information content (AvgIpc) is 3.35. The molecule has 0 aliphatic carbocycles. The molecule has 1 unspecified atom stereocenters. The van der Waals surface area contributed by atoms with Crippen LogP contribution in [-0.2, 0) is 4.79 Å². The molecule has 2 aliphatic heterocycles. The SMILES string of the molecule is C1CCNC1.CC(Nc1nc(N2CCN(C=O)CC2)ncc1O)c1ccc(Cl)cc1Cl. The standard InChI is InChI=1S/C17H19Cl2N5O2.C4H9N/c1-11(13-3-2-12(18)8-14(13)19)21-16-15(26)9-20-17(22-16)24-6-4-23(10-25)5-7-24;1-2-4-5-3-1/h2-3,8-11,26H,4-7H2,1H3,(H,20,21,22);5H,1-4H2. The fraction of sp³-hybridized carbons (Fsp3) is 0.476. The van der Waals surface area contributed by atoms with Crippen LogP contribution in [-0.4, -0.2) is 65.7 Å². The van der Waals surface area contributed by atoms with Gasteiger partial charge in [-0.2, -0.15) is 4.98 Å². The second-order valence-corrected chi connectivity index (χ2v) is 8.36. The minimum absolute atomic E-state index is 0.0442. The highest BCUT2D eigenvalue weighted by molar-refractivity contribution is 6.35. The Morgan fingerprint density at radius 3 is 2.48 bits per heavy atom. The van der Waals surface area contributed by atoms with E-state index in [0.29, 0.717) is 48.0 Å². The van der Waals surface area contributed by atoms with Crippen molar-refractivity contribution in [3.63, 3.8) is 0 Å². The van der Waals surface area contributed by atoms with Gasteiger partial charge in [-0.25, -0.2) is 4.98 Å². The number of nitrogens with zero attached hydrogens (tertiary/aromatic N) is 4. The number of anilines is 2. The van der Waals surface area contributed by atoms with E-state index in [9.17, 15) is 9.90 Å². The fourth-order valence-corrected chi connectivity index (χ4v) is 3.98. The van der Waals surface area contributed by atoms with Crippen molar-refractivity contribution in [2.45, 2.75) is 25.8 Å².